The first-order valence-corrected chi connectivity index (χ1v) is 18.1. The smallest absolute Gasteiger partial charge is 0.410 e. The van der Waals surface area contributed by atoms with Gasteiger partial charge in [0, 0.05) is 48.5 Å². The van der Waals surface area contributed by atoms with E-state index < -0.39 is 27.0 Å². The van der Waals surface area contributed by atoms with Gasteiger partial charge in [0.05, 0.1) is 28.5 Å². The van der Waals surface area contributed by atoms with Crippen LogP contribution in [0.2, 0.25) is 0 Å². The number of halogens is 1. The number of nitrogens with zero attached hydrogens (tertiary/aromatic N) is 5. The Morgan fingerprint density at radius 1 is 1.06 bits per heavy atom. The molecule has 0 spiro atoms. The quantitative estimate of drug-likeness (QED) is 0.167. The van der Waals surface area contributed by atoms with Gasteiger partial charge < -0.3 is 24.2 Å². The summed E-state index contributed by atoms with van der Waals surface area (Å²) in [7, 11) is -3.80. The maximum Gasteiger partial charge on any atom is 0.410 e. The van der Waals surface area contributed by atoms with Crippen LogP contribution in [0.3, 0.4) is 0 Å². The van der Waals surface area contributed by atoms with E-state index in [0.29, 0.717) is 52.6 Å². The molecule has 50 heavy (non-hydrogen) atoms. The van der Waals surface area contributed by atoms with Gasteiger partial charge in [0.1, 0.15) is 22.9 Å². The van der Waals surface area contributed by atoms with Crippen LogP contribution < -0.4 is 10.1 Å². The third-order valence-electron chi connectivity index (χ3n) is 8.12. The van der Waals surface area contributed by atoms with Crippen molar-refractivity contribution in [3.8, 4) is 22.9 Å². The second-order valence-electron chi connectivity index (χ2n) is 13.4. The van der Waals surface area contributed by atoms with E-state index in [1.807, 2.05) is 33.8 Å². The fourth-order valence-electron chi connectivity index (χ4n) is 5.90. The van der Waals surface area contributed by atoms with Crippen molar-refractivity contribution in [3.63, 3.8) is 0 Å². The number of aryl methyl sites for hydroxylation is 2. The monoisotopic (exact) mass is 702 g/mol. The van der Waals surface area contributed by atoms with Crippen molar-refractivity contribution in [2.24, 2.45) is 0 Å². The first kappa shape index (κ1) is 34.7. The molecule has 1 atom stereocenters. The van der Waals surface area contributed by atoms with Crippen molar-refractivity contribution in [3.05, 3.63) is 89.3 Å². The molecule has 1 aliphatic rings. The highest BCUT2D eigenvalue weighted by Gasteiger charge is 2.28. The molecule has 1 amide bonds. The number of sulfone groups is 1. The Hall–Kier alpha value is -5.11. The highest BCUT2D eigenvalue weighted by atomic mass is 32.2. The molecule has 0 bridgehead atoms. The van der Waals surface area contributed by atoms with Gasteiger partial charge >= 0.3 is 6.09 Å². The van der Waals surface area contributed by atoms with Crippen molar-refractivity contribution in [1.29, 1.82) is 0 Å². The van der Waals surface area contributed by atoms with Gasteiger partial charge in [0.25, 0.3) is 0 Å². The lowest BCUT2D eigenvalue weighted by Crippen LogP contribution is -2.47. The summed E-state index contributed by atoms with van der Waals surface area (Å²) in [5.41, 5.74) is 1.58. The lowest BCUT2D eigenvalue weighted by Gasteiger charge is -2.34. The van der Waals surface area contributed by atoms with Crippen LogP contribution in [0.25, 0.3) is 22.0 Å². The lowest BCUT2D eigenvalue weighted by molar-refractivity contribution is 0.0206. The van der Waals surface area contributed by atoms with E-state index in [0.717, 1.165) is 18.4 Å². The maximum absolute atomic E-state index is 15.3. The van der Waals surface area contributed by atoms with Crippen LogP contribution in [-0.4, -0.2) is 64.3 Å². The molecule has 3 aromatic heterocycles. The van der Waals surface area contributed by atoms with E-state index in [2.05, 4.69) is 20.4 Å². The molecule has 4 heterocycles. The van der Waals surface area contributed by atoms with Crippen LogP contribution in [-0.2, 0) is 26.1 Å². The van der Waals surface area contributed by atoms with Gasteiger partial charge in [-0.05, 0) is 88.7 Å². The van der Waals surface area contributed by atoms with Crippen LogP contribution in [0, 0.1) is 19.7 Å². The van der Waals surface area contributed by atoms with E-state index in [1.54, 1.807) is 60.6 Å². The van der Waals surface area contributed by atoms with E-state index in [9.17, 15) is 13.2 Å². The normalized spacial score (nSPS) is 15.2. The zero-order valence-electron chi connectivity index (χ0n) is 28.6. The summed E-state index contributed by atoms with van der Waals surface area (Å²) in [5, 5.41) is 8.08. The average molecular weight is 703 g/mol. The van der Waals surface area contributed by atoms with Crippen molar-refractivity contribution in [2.75, 3.05) is 18.4 Å². The second kappa shape index (κ2) is 14.0. The lowest BCUT2D eigenvalue weighted by atomic mass is 10.0. The molecule has 2 aromatic carbocycles. The second-order valence-corrected chi connectivity index (χ2v) is 15.5. The average Bonchev–Trinajstić information content (AvgIpc) is 3.46. The Morgan fingerprint density at radius 2 is 1.86 bits per heavy atom. The SMILES string of the molecule is Cc1cc(CS(=O)(=O)Cc2c(F)ccc3c(Oc4ncccc4-c4ccnc(N[C@H]5CCCN(C(=O)OC(C)(C)C)C5)n4)c(C)ccc23)no1. The number of aromatic nitrogens is 4. The molecule has 0 saturated carbocycles. The van der Waals surface area contributed by atoms with Gasteiger partial charge in [-0.2, -0.15) is 0 Å². The molecule has 12 nitrogen and oxygen atoms in total. The van der Waals surface area contributed by atoms with Crippen molar-refractivity contribution in [2.45, 2.75) is 70.6 Å². The number of pyridine rings is 1. The summed E-state index contributed by atoms with van der Waals surface area (Å²) < 4.78 is 58.6. The number of rotatable bonds is 9. The largest absolute Gasteiger partial charge is 0.444 e. The summed E-state index contributed by atoms with van der Waals surface area (Å²) in [5.74, 6) is -0.0251. The number of carbonyl (C=O) groups is 1. The summed E-state index contributed by atoms with van der Waals surface area (Å²) in [6.07, 6.45) is 4.52. The van der Waals surface area contributed by atoms with E-state index in [4.69, 9.17) is 19.0 Å². The number of fused-ring (bicyclic) bond motifs is 1. The Kier molecular flexibility index (Phi) is 9.74. The first-order valence-electron chi connectivity index (χ1n) is 16.3. The molecule has 14 heteroatoms. The molecule has 0 unspecified atom stereocenters. The summed E-state index contributed by atoms with van der Waals surface area (Å²) in [6.45, 7) is 10.1. The molecular formula is C36H39FN6O6S. The third-order valence-corrected chi connectivity index (χ3v) is 9.58. The summed E-state index contributed by atoms with van der Waals surface area (Å²) in [6, 6.07) is 13.1. The number of hydrogen-bond donors (Lipinski definition) is 1. The Balaban J connectivity index is 1.25. The van der Waals surface area contributed by atoms with Gasteiger partial charge in [-0.1, -0.05) is 17.3 Å². The minimum absolute atomic E-state index is 0.0354. The van der Waals surface area contributed by atoms with E-state index in [1.165, 1.54) is 6.07 Å². The summed E-state index contributed by atoms with van der Waals surface area (Å²) >= 11 is 0. The van der Waals surface area contributed by atoms with Gasteiger partial charge in [0.15, 0.2) is 9.84 Å². The van der Waals surface area contributed by atoms with Gasteiger partial charge in [-0.3, -0.25) is 0 Å². The molecule has 6 rings (SSSR count). The van der Waals surface area contributed by atoms with Crippen molar-refractivity contribution < 1.29 is 31.6 Å². The zero-order valence-corrected chi connectivity index (χ0v) is 29.4. The minimum Gasteiger partial charge on any atom is -0.444 e. The summed E-state index contributed by atoms with van der Waals surface area (Å²) in [4.78, 5) is 28.0. The van der Waals surface area contributed by atoms with Crippen LogP contribution in [0.5, 0.6) is 11.6 Å². The number of ether oxygens (including phenoxy) is 2. The Bertz CT molecular complexity index is 2150. The number of hydrogen-bond acceptors (Lipinski definition) is 11. The molecule has 1 N–H and O–H groups in total. The Morgan fingerprint density at radius 3 is 2.62 bits per heavy atom. The van der Waals surface area contributed by atoms with Gasteiger partial charge in [0.2, 0.25) is 11.8 Å². The Labute approximate surface area is 290 Å². The van der Waals surface area contributed by atoms with Crippen LogP contribution >= 0.6 is 0 Å². The molecule has 1 fully saturated rings. The van der Waals surface area contributed by atoms with Crippen LogP contribution in [0.1, 0.15) is 56.2 Å². The predicted molar refractivity (Wildman–Crippen MR) is 186 cm³/mol. The molecule has 0 aliphatic carbocycles. The maximum atomic E-state index is 15.3. The zero-order chi connectivity index (χ0) is 35.6. The molecular weight excluding hydrogens is 663 g/mol. The van der Waals surface area contributed by atoms with Gasteiger partial charge in [-0.25, -0.2) is 32.6 Å². The number of nitrogens with one attached hydrogen (secondary N) is 1. The number of likely N-dealkylation sites (tertiary alicyclic amines) is 1. The molecule has 5 aromatic rings. The topological polar surface area (TPSA) is 150 Å². The third kappa shape index (κ3) is 8.19. The predicted octanol–water partition coefficient (Wildman–Crippen LogP) is 7.15. The number of amides is 1. The highest BCUT2D eigenvalue weighted by Crippen LogP contribution is 2.38. The van der Waals surface area contributed by atoms with Crippen molar-refractivity contribution in [1.82, 2.24) is 25.0 Å². The standard InChI is InChI=1S/C36H39FN6O6S/c1-22-10-11-26-27(12-13-30(37)29(26)21-50(45,46)20-25-18-23(2)49-42-25)32(22)47-33-28(9-6-15-38-33)31-14-16-39-34(41-31)40-24-8-7-17-43(19-24)35(44)48-36(3,4)5/h6,9-16,18,24H,7-8,17,19-21H2,1-5H3,(H,39,40,41)/t24-/m0/s1. The minimum atomic E-state index is -3.80. The highest BCUT2D eigenvalue weighted by molar-refractivity contribution is 7.89. The number of piperidine rings is 1. The fraction of sp³-hybridized carbons (Fsp3) is 0.361. The number of carbonyl (C=O) groups excluding carboxylic acids is 1. The number of anilines is 1. The fourth-order valence-corrected chi connectivity index (χ4v) is 7.32. The molecule has 0 radical (unpaired) electrons. The van der Waals surface area contributed by atoms with E-state index >= 15 is 4.39 Å². The van der Waals surface area contributed by atoms with Crippen LogP contribution in [0.15, 0.2) is 65.4 Å². The number of benzene rings is 2. The van der Waals surface area contributed by atoms with E-state index in [-0.39, 0.29) is 35.0 Å². The molecule has 1 aliphatic heterocycles. The van der Waals surface area contributed by atoms with Crippen LogP contribution in [0.4, 0.5) is 15.1 Å². The van der Waals surface area contributed by atoms with Crippen molar-refractivity contribution >= 4 is 32.7 Å². The first-order chi connectivity index (χ1) is 23.7. The molecule has 262 valence electrons. The van der Waals surface area contributed by atoms with Gasteiger partial charge in [-0.15, -0.1) is 0 Å². The molecule has 1 saturated heterocycles.